The molecule has 2 aromatic heterocycles. The maximum atomic E-state index is 14.4. The predicted octanol–water partition coefficient (Wildman–Crippen LogP) is 2.97. The van der Waals surface area contributed by atoms with Gasteiger partial charge in [-0.2, -0.15) is 5.10 Å². The molecule has 3 aromatic rings. The molecule has 1 aromatic carbocycles. The molecule has 1 aliphatic heterocycles. The quantitative estimate of drug-likeness (QED) is 0.653. The van der Waals surface area contributed by atoms with Crippen molar-refractivity contribution >= 4 is 34.1 Å². The standard InChI is InChI=1S/C20H21ClFN5O2/c1-13-10-25(18-8-19(29-2)15(21)7-16(18)22)5-6-27(13)20(28)12-26-11-14-9-23-4-3-17(14)24-26/h3-4,7-9,11,13H,5-6,10,12H2,1-2H3. The second-order valence-corrected chi connectivity index (χ2v) is 7.49. The first-order valence-corrected chi connectivity index (χ1v) is 9.68. The van der Waals surface area contributed by atoms with Crippen LogP contribution in [0.15, 0.2) is 36.8 Å². The van der Waals surface area contributed by atoms with Crippen molar-refractivity contribution in [3.05, 3.63) is 47.6 Å². The molecular weight excluding hydrogens is 397 g/mol. The molecule has 9 heteroatoms. The molecular formula is C20H21ClFN5O2. The summed E-state index contributed by atoms with van der Waals surface area (Å²) in [6.07, 6.45) is 5.21. The van der Waals surface area contributed by atoms with E-state index in [-0.39, 0.29) is 23.5 Å². The van der Waals surface area contributed by atoms with Crippen LogP contribution in [0, 0.1) is 5.82 Å². The zero-order valence-corrected chi connectivity index (χ0v) is 16.9. The van der Waals surface area contributed by atoms with Crippen LogP contribution in [0.1, 0.15) is 6.92 Å². The Hall–Kier alpha value is -2.87. The van der Waals surface area contributed by atoms with Crippen molar-refractivity contribution in [2.24, 2.45) is 0 Å². The fraction of sp³-hybridized carbons (Fsp3) is 0.350. The highest BCUT2D eigenvalue weighted by atomic mass is 35.5. The summed E-state index contributed by atoms with van der Waals surface area (Å²) in [5.74, 6) is 0.00107. The second kappa shape index (κ2) is 7.87. The number of ether oxygens (including phenoxy) is 1. The molecule has 0 radical (unpaired) electrons. The average molecular weight is 418 g/mol. The first-order chi connectivity index (χ1) is 14.0. The summed E-state index contributed by atoms with van der Waals surface area (Å²) in [5.41, 5.74) is 1.23. The number of methoxy groups -OCH3 is 1. The molecule has 4 rings (SSSR count). The summed E-state index contributed by atoms with van der Waals surface area (Å²) >= 11 is 5.99. The minimum atomic E-state index is -0.403. The Kier molecular flexibility index (Phi) is 5.27. The number of fused-ring (bicyclic) bond motifs is 1. The number of carbonyl (C=O) groups excluding carboxylic acids is 1. The monoisotopic (exact) mass is 417 g/mol. The van der Waals surface area contributed by atoms with Crippen LogP contribution in [-0.2, 0) is 11.3 Å². The second-order valence-electron chi connectivity index (χ2n) is 7.08. The molecule has 1 saturated heterocycles. The third-order valence-electron chi connectivity index (χ3n) is 5.16. The van der Waals surface area contributed by atoms with Gasteiger partial charge in [-0.25, -0.2) is 4.39 Å². The summed E-state index contributed by atoms with van der Waals surface area (Å²) in [6, 6.07) is 4.59. The molecule has 29 heavy (non-hydrogen) atoms. The van der Waals surface area contributed by atoms with Crippen LogP contribution < -0.4 is 9.64 Å². The third-order valence-corrected chi connectivity index (χ3v) is 5.45. The van der Waals surface area contributed by atoms with Gasteiger partial charge in [0.05, 0.1) is 23.3 Å². The van der Waals surface area contributed by atoms with E-state index in [1.807, 2.05) is 29.0 Å². The number of amides is 1. The number of rotatable bonds is 4. The number of anilines is 1. The van der Waals surface area contributed by atoms with Gasteiger partial charge in [0.25, 0.3) is 0 Å². The molecule has 0 saturated carbocycles. The minimum Gasteiger partial charge on any atom is -0.495 e. The van der Waals surface area contributed by atoms with Crippen LogP contribution in [0.3, 0.4) is 0 Å². The van der Waals surface area contributed by atoms with E-state index >= 15 is 0 Å². The number of pyridine rings is 1. The van der Waals surface area contributed by atoms with E-state index in [0.29, 0.717) is 31.1 Å². The van der Waals surface area contributed by atoms with Crippen molar-refractivity contribution in [1.82, 2.24) is 19.7 Å². The van der Waals surface area contributed by atoms with Crippen molar-refractivity contribution in [1.29, 1.82) is 0 Å². The largest absolute Gasteiger partial charge is 0.495 e. The molecule has 0 N–H and O–H groups in total. The lowest BCUT2D eigenvalue weighted by molar-refractivity contribution is -0.134. The number of nitrogens with zero attached hydrogens (tertiary/aromatic N) is 5. The van der Waals surface area contributed by atoms with E-state index in [0.717, 1.165) is 10.9 Å². The van der Waals surface area contributed by atoms with Crippen molar-refractivity contribution in [3.63, 3.8) is 0 Å². The Morgan fingerprint density at radius 1 is 1.38 bits per heavy atom. The van der Waals surface area contributed by atoms with Gasteiger partial charge >= 0.3 is 0 Å². The third kappa shape index (κ3) is 3.85. The van der Waals surface area contributed by atoms with Crippen molar-refractivity contribution in [2.45, 2.75) is 19.5 Å². The van der Waals surface area contributed by atoms with Crippen LogP contribution in [0.25, 0.3) is 10.9 Å². The van der Waals surface area contributed by atoms with Crippen molar-refractivity contribution in [2.75, 3.05) is 31.6 Å². The lowest BCUT2D eigenvalue weighted by Crippen LogP contribution is -2.55. The molecule has 0 aliphatic carbocycles. The van der Waals surface area contributed by atoms with Crippen LogP contribution >= 0.6 is 11.6 Å². The topological polar surface area (TPSA) is 63.5 Å². The van der Waals surface area contributed by atoms with Crippen LogP contribution in [0.2, 0.25) is 5.02 Å². The maximum absolute atomic E-state index is 14.4. The van der Waals surface area contributed by atoms with Crippen LogP contribution in [0.5, 0.6) is 5.75 Å². The highest BCUT2D eigenvalue weighted by Gasteiger charge is 2.29. The van der Waals surface area contributed by atoms with Crippen molar-refractivity contribution < 1.29 is 13.9 Å². The van der Waals surface area contributed by atoms with Gasteiger partial charge in [0.1, 0.15) is 18.1 Å². The number of carbonyl (C=O) groups is 1. The molecule has 1 unspecified atom stereocenters. The number of aromatic nitrogens is 3. The number of hydrogen-bond acceptors (Lipinski definition) is 5. The van der Waals surface area contributed by atoms with Gasteiger partial charge in [0.15, 0.2) is 0 Å². The van der Waals surface area contributed by atoms with Gasteiger partial charge in [-0.05, 0) is 19.1 Å². The zero-order valence-electron chi connectivity index (χ0n) is 16.2. The molecule has 0 bridgehead atoms. The fourth-order valence-electron chi connectivity index (χ4n) is 3.69. The van der Waals surface area contributed by atoms with Gasteiger partial charge < -0.3 is 14.5 Å². The minimum absolute atomic E-state index is 0.0212. The van der Waals surface area contributed by atoms with Gasteiger partial charge in [-0.15, -0.1) is 0 Å². The van der Waals surface area contributed by atoms with Crippen LogP contribution in [0.4, 0.5) is 10.1 Å². The van der Waals surface area contributed by atoms with Gasteiger partial charge in [-0.3, -0.25) is 14.5 Å². The molecule has 1 fully saturated rings. The summed E-state index contributed by atoms with van der Waals surface area (Å²) < 4.78 is 21.3. The van der Waals surface area contributed by atoms with Crippen LogP contribution in [-0.4, -0.2) is 58.4 Å². The van der Waals surface area contributed by atoms with E-state index in [1.165, 1.54) is 13.2 Å². The number of piperazine rings is 1. The van der Waals surface area contributed by atoms with Gasteiger partial charge in [0, 0.05) is 55.7 Å². The molecule has 1 amide bonds. The highest BCUT2D eigenvalue weighted by Crippen LogP contribution is 2.33. The van der Waals surface area contributed by atoms with E-state index in [1.54, 1.807) is 23.1 Å². The Morgan fingerprint density at radius 3 is 2.93 bits per heavy atom. The summed E-state index contributed by atoms with van der Waals surface area (Å²) in [4.78, 5) is 20.6. The van der Waals surface area contributed by atoms with E-state index in [4.69, 9.17) is 16.3 Å². The molecule has 1 atom stereocenters. The molecule has 3 heterocycles. The summed E-state index contributed by atoms with van der Waals surface area (Å²) in [6.45, 7) is 3.63. The zero-order chi connectivity index (χ0) is 20.5. The molecule has 0 spiro atoms. The first kappa shape index (κ1) is 19.4. The SMILES string of the molecule is COc1cc(N2CCN(C(=O)Cn3cc4cnccc4n3)C(C)C2)c(F)cc1Cl. The normalized spacial score (nSPS) is 17.0. The van der Waals surface area contributed by atoms with Crippen molar-refractivity contribution in [3.8, 4) is 5.75 Å². The number of halogens is 2. The number of hydrogen-bond donors (Lipinski definition) is 0. The van der Waals surface area contributed by atoms with E-state index in [9.17, 15) is 9.18 Å². The van der Waals surface area contributed by atoms with E-state index < -0.39 is 5.82 Å². The Labute approximate surface area is 172 Å². The Morgan fingerprint density at radius 2 is 2.21 bits per heavy atom. The molecule has 152 valence electrons. The van der Waals surface area contributed by atoms with E-state index in [2.05, 4.69) is 10.1 Å². The Bertz CT molecular complexity index is 1020. The van der Waals surface area contributed by atoms with Gasteiger partial charge in [0.2, 0.25) is 5.91 Å². The summed E-state index contributed by atoms with van der Waals surface area (Å²) in [5, 5.41) is 5.54. The fourth-order valence-corrected chi connectivity index (χ4v) is 3.92. The highest BCUT2D eigenvalue weighted by molar-refractivity contribution is 6.32. The first-order valence-electron chi connectivity index (χ1n) is 9.31. The van der Waals surface area contributed by atoms with Gasteiger partial charge in [-0.1, -0.05) is 11.6 Å². The lowest BCUT2D eigenvalue weighted by atomic mass is 10.1. The maximum Gasteiger partial charge on any atom is 0.244 e. The summed E-state index contributed by atoms with van der Waals surface area (Å²) in [7, 11) is 1.50. The lowest BCUT2D eigenvalue weighted by Gasteiger charge is -2.41. The molecule has 7 nitrogen and oxygen atoms in total. The number of benzene rings is 1. The Balaban J connectivity index is 1.45. The average Bonchev–Trinajstić information content (AvgIpc) is 3.10. The molecule has 1 aliphatic rings. The predicted molar refractivity (Wildman–Crippen MR) is 109 cm³/mol. The smallest absolute Gasteiger partial charge is 0.244 e.